The number of hydrogen-bond donors (Lipinski definition) is 1. The van der Waals surface area contributed by atoms with Crippen molar-refractivity contribution in [1.29, 1.82) is 0 Å². The normalized spacial score (nSPS) is 30.3. The van der Waals surface area contributed by atoms with Crippen LogP contribution in [0.2, 0.25) is 0 Å². The molecule has 0 aliphatic heterocycles. The quantitative estimate of drug-likeness (QED) is 0.829. The summed E-state index contributed by atoms with van der Waals surface area (Å²) in [5.74, 6) is 2.22. The minimum absolute atomic E-state index is 0.270. The number of rotatable bonds is 3. The lowest BCUT2D eigenvalue weighted by Crippen LogP contribution is -2.33. The van der Waals surface area contributed by atoms with Gasteiger partial charge in [-0.3, -0.25) is 0 Å². The molecule has 1 aromatic rings. The fourth-order valence-corrected chi connectivity index (χ4v) is 2.51. The van der Waals surface area contributed by atoms with Crippen LogP contribution in [0.25, 0.3) is 0 Å². The number of halogens is 1. The minimum Gasteiger partial charge on any atom is -0.407 e. The average molecular weight is 244 g/mol. The first-order valence-corrected chi connectivity index (χ1v) is 6.37. The smallest absolute Gasteiger partial charge is 0.315 e. The molecule has 16 heavy (non-hydrogen) atoms. The maximum Gasteiger partial charge on any atom is 0.315 e. The number of anilines is 1. The van der Waals surface area contributed by atoms with Crippen LogP contribution in [0, 0.1) is 11.8 Å². The van der Waals surface area contributed by atoms with Crippen LogP contribution >= 0.6 is 11.6 Å². The predicted octanol–water partition coefficient (Wildman–Crippen LogP) is 3.05. The van der Waals surface area contributed by atoms with Crippen molar-refractivity contribution in [2.75, 3.05) is 5.32 Å². The van der Waals surface area contributed by atoms with Crippen LogP contribution in [-0.2, 0) is 5.88 Å². The van der Waals surface area contributed by atoms with Gasteiger partial charge in [-0.1, -0.05) is 18.9 Å². The van der Waals surface area contributed by atoms with Gasteiger partial charge in [0.15, 0.2) is 0 Å². The highest BCUT2D eigenvalue weighted by Crippen LogP contribution is 2.30. The number of aromatic nitrogens is 2. The summed E-state index contributed by atoms with van der Waals surface area (Å²) >= 11 is 5.61. The van der Waals surface area contributed by atoms with Gasteiger partial charge in [-0.05, 0) is 31.1 Å². The number of alkyl halides is 1. The number of nitrogens with zero attached hydrogens (tertiary/aromatic N) is 2. The molecule has 0 saturated heterocycles. The topological polar surface area (TPSA) is 51.0 Å². The number of hydrogen-bond acceptors (Lipinski definition) is 4. The fraction of sp³-hybridized carbons (Fsp3) is 0.818. The Kier molecular flexibility index (Phi) is 3.69. The van der Waals surface area contributed by atoms with Crippen molar-refractivity contribution in [2.45, 2.75) is 45.0 Å². The summed E-state index contributed by atoms with van der Waals surface area (Å²) in [7, 11) is 0. The summed E-state index contributed by atoms with van der Waals surface area (Å²) in [5.41, 5.74) is 0. The second kappa shape index (κ2) is 5.04. The van der Waals surface area contributed by atoms with E-state index in [-0.39, 0.29) is 5.88 Å². The van der Waals surface area contributed by atoms with Crippen LogP contribution < -0.4 is 5.32 Å². The molecule has 3 unspecified atom stereocenters. The Morgan fingerprint density at radius 2 is 2.19 bits per heavy atom. The molecule has 0 aromatic carbocycles. The molecule has 1 aliphatic rings. The van der Waals surface area contributed by atoms with Gasteiger partial charge >= 0.3 is 6.01 Å². The van der Waals surface area contributed by atoms with Crippen molar-refractivity contribution in [3.05, 3.63) is 5.89 Å². The van der Waals surface area contributed by atoms with E-state index < -0.39 is 0 Å². The Morgan fingerprint density at radius 3 is 2.81 bits per heavy atom. The Labute approximate surface area is 101 Å². The Hall–Kier alpha value is -0.770. The molecular formula is C11H18ClN3O. The van der Waals surface area contributed by atoms with Gasteiger partial charge in [-0.15, -0.1) is 16.7 Å². The molecule has 2 rings (SSSR count). The third-order valence-corrected chi connectivity index (χ3v) is 3.55. The molecule has 1 aromatic heterocycles. The van der Waals surface area contributed by atoms with Crippen LogP contribution in [0.4, 0.5) is 6.01 Å². The highest BCUT2D eigenvalue weighted by atomic mass is 35.5. The second-order valence-corrected chi connectivity index (χ2v) is 5.05. The molecule has 3 atom stereocenters. The van der Waals surface area contributed by atoms with E-state index in [1.165, 1.54) is 19.3 Å². The minimum atomic E-state index is 0.270. The second-order valence-electron chi connectivity index (χ2n) is 4.78. The highest BCUT2D eigenvalue weighted by molar-refractivity contribution is 6.16. The lowest BCUT2D eigenvalue weighted by molar-refractivity contribution is 0.273. The van der Waals surface area contributed by atoms with Crippen LogP contribution in [-0.4, -0.2) is 16.2 Å². The van der Waals surface area contributed by atoms with E-state index in [0.29, 0.717) is 23.9 Å². The molecule has 1 fully saturated rings. The molecule has 90 valence electrons. The van der Waals surface area contributed by atoms with Crippen molar-refractivity contribution < 1.29 is 4.42 Å². The van der Waals surface area contributed by atoms with Gasteiger partial charge in [0.2, 0.25) is 5.89 Å². The molecule has 1 heterocycles. The zero-order valence-corrected chi connectivity index (χ0v) is 10.5. The van der Waals surface area contributed by atoms with E-state index in [4.69, 9.17) is 16.0 Å². The maximum absolute atomic E-state index is 5.61. The zero-order chi connectivity index (χ0) is 11.5. The maximum atomic E-state index is 5.61. The van der Waals surface area contributed by atoms with Gasteiger partial charge < -0.3 is 9.73 Å². The first-order chi connectivity index (χ1) is 7.69. The average Bonchev–Trinajstić information content (AvgIpc) is 2.70. The molecule has 0 amide bonds. The molecular weight excluding hydrogens is 226 g/mol. The van der Waals surface area contributed by atoms with Crippen LogP contribution in [0.1, 0.15) is 39.0 Å². The summed E-state index contributed by atoms with van der Waals surface area (Å²) < 4.78 is 5.35. The molecule has 0 spiro atoms. The van der Waals surface area contributed by atoms with Crippen LogP contribution in [0.3, 0.4) is 0 Å². The third-order valence-electron chi connectivity index (χ3n) is 3.32. The highest BCUT2D eigenvalue weighted by Gasteiger charge is 2.26. The van der Waals surface area contributed by atoms with E-state index in [1.807, 2.05) is 0 Å². The zero-order valence-electron chi connectivity index (χ0n) is 9.74. The summed E-state index contributed by atoms with van der Waals surface area (Å²) in [6, 6.07) is 0.946. The Morgan fingerprint density at radius 1 is 1.38 bits per heavy atom. The SMILES string of the molecule is CC1CCC(Nc2nnc(CCl)o2)C(C)C1. The van der Waals surface area contributed by atoms with E-state index in [9.17, 15) is 0 Å². The summed E-state index contributed by atoms with van der Waals surface area (Å²) in [6.45, 7) is 4.58. The first kappa shape index (κ1) is 11.7. The molecule has 1 N–H and O–H groups in total. The monoisotopic (exact) mass is 243 g/mol. The van der Waals surface area contributed by atoms with E-state index in [0.717, 1.165) is 5.92 Å². The van der Waals surface area contributed by atoms with Crippen LogP contribution in [0.15, 0.2) is 4.42 Å². The fourth-order valence-electron chi connectivity index (χ4n) is 2.40. The van der Waals surface area contributed by atoms with Crippen LogP contribution in [0.5, 0.6) is 0 Å². The summed E-state index contributed by atoms with van der Waals surface area (Å²) in [6.07, 6.45) is 3.69. The van der Waals surface area contributed by atoms with Gasteiger partial charge in [-0.2, -0.15) is 0 Å². The van der Waals surface area contributed by atoms with Crippen molar-refractivity contribution in [3.8, 4) is 0 Å². The van der Waals surface area contributed by atoms with Gasteiger partial charge in [0, 0.05) is 6.04 Å². The Bertz CT molecular complexity index is 342. The standard InChI is InChI=1S/C11H18ClN3O/c1-7-3-4-9(8(2)5-7)13-11-15-14-10(6-12)16-11/h7-9H,3-6H2,1-2H3,(H,13,15). The molecule has 5 heteroatoms. The molecule has 1 saturated carbocycles. The lowest BCUT2D eigenvalue weighted by atomic mass is 9.80. The Balaban J connectivity index is 1.93. The van der Waals surface area contributed by atoms with E-state index in [1.54, 1.807) is 0 Å². The van der Waals surface area contributed by atoms with Crippen molar-refractivity contribution in [1.82, 2.24) is 10.2 Å². The van der Waals surface area contributed by atoms with Crippen molar-refractivity contribution >= 4 is 17.6 Å². The molecule has 1 aliphatic carbocycles. The van der Waals surface area contributed by atoms with Gasteiger partial charge in [-0.25, -0.2) is 0 Å². The van der Waals surface area contributed by atoms with Gasteiger partial charge in [0.1, 0.15) is 5.88 Å². The van der Waals surface area contributed by atoms with E-state index >= 15 is 0 Å². The lowest BCUT2D eigenvalue weighted by Gasteiger charge is -2.32. The van der Waals surface area contributed by atoms with Crippen molar-refractivity contribution in [3.63, 3.8) is 0 Å². The summed E-state index contributed by atoms with van der Waals surface area (Å²) in [5, 5.41) is 11.1. The summed E-state index contributed by atoms with van der Waals surface area (Å²) in [4.78, 5) is 0. The predicted molar refractivity (Wildman–Crippen MR) is 63.4 cm³/mol. The van der Waals surface area contributed by atoms with E-state index in [2.05, 4.69) is 29.4 Å². The molecule has 0 radical (unpaired) electrons. The largest absolute Gasteiger partial charge is 0.407 e. The first-order valence-electron chi connectivity index (χ1n) is 5.84. The molecule has 0 bridgehead atoms. The van der Waals surface area contributed by atoms with Gasteiger partial charge in [0.05, 0.1) is 0 Å². The number of nitrogens with one attached hydrogen (secondary N) is 1. The van der Waals surface area contributed by atoms with Crippen molar-refractivity contribution in [2.24, 2.45) is 11.8 Å². The van der Waals surface area contributed by atoms with Gasteiger partial charge in [0.25, 0.3) is 0 Å². The third kappa shape index (κ3) is 2.67. The molecule has 4 nitrogen and oxygen atoms in total.